The molecule has 2 aromatic heterocycles. The average Bonchev–Trinajstić information content (AvgIpc) is 3.10. The van der Waals surface area contributed by atoms with E-state index in [0.717, 1.165) is 36.7 Å². The van der Waals surface area contributed by atoms with Crippen LogP contribution >= 0.6 is 0 Å². The van der Waals surface area contributed by atoms with Crippen LogP contribution < -0.4 is 0 Å². The molecule has 1 unspecified atom stereocenters. The lowest BCUT2D eigenvalue weighted by atomic mass is 10.2. The van der Waals surface area contributed by atoms with Crippen LogP contribution in [0.1, 0.15) is 40.0 Å². The first kappa shape index (κ1) is 13.9. The first-order valence-electron chi connectivity index (χ1n) is 7.27. The van der Waals surface area contributed by atoms with Gasteiger partial charge < -0.3 is 9.47 Å². The van der Waals surface area contributed by atoms with Crippen LogP contribution in [0.5, 0.6) is 0 Å². The van der Waals surface area contributed by atoms with Gasteiger partial charge in [-0.25, -0.2) is 4.98 Å². The number of carbonyl (C=O) groups is 1. The van der Waals surface area contributed by atoms with Gasteiger partial charge in [-0.15, -0.1) is 0 Å². The van der Waals surface area contributed by atoms with Gasteiger partial charge in [-0.05, 0) is 27.2 Å². The monoisotopic (exact) mass is 287 g/mol. The van der Waals surface area contributed by atoms with Gasteiger partial charge in [-0.2, -0.15) is 5.10 Å². The zero-order valence-corrected chi connectivity index (χ0v) is 13.0. The Hall–Kier alpha value is -2.11. The van der Waals surface area contributed by atoms with Gasteiger partial charge in [0.2, 0.25) is 0 Å². The van der Waals surface area contributed by atoms with Gasteiger partial charge in [-0.3, -0.25) is 9.48 Å². The Morgan fingerprint density at radius 2 is 2.10 bits per heavy atom. The van der Waals surface area contributed by atoms with E-state index in [1.165, 1.54) is 0 Å². The highest BCUT2D eigenvalue weighted by Gasteiger charge is 2.30. The van der Waals surface area contributed by atoms with Gasteiger partial charge in [0.25, 0.3) is 5.91 Å². The predicted octanol–water partition coefficient (Wildman–Crippen LogP) is 1.63. The SMILES string of the molecule is Cc1nn(C)cc1C(=O)N1CCC(n2c(C)cnc2C)C1. The molecule has 3 heterocycles. The largest absolute Gasteiger partial charge is 0.336 e. The third-order valence-electron chi connectivity index (χ3n) is 4.23. The number of aryl methyl sites for hydroxylation is 4. The van der Waals surface area contributed by atoms with Gasteiger partial charge in [0, 0.05) is 38.2 Å². The Bertz CT molecular complexity index is 665. The van der Waals surface area contributed by atoms with E-state index in [4.69, 9.17) is 0 Å². The smallest absolute Gasteiger partial charge is 0.257 e. The van der Waals surface area contributed by atoms with Crippen molar-refractivity contribution in [3.8, 4) is 0 Å². The summed E-state index contributed by atoms with van der Waals surface area (Å²) in [5, 5.41) is 4.25. The average molecular weight is 287 g/mol. The number of aromatic nitrogens is 4. The third-order valence-corrected chi connectivity index (χ3v) is 4.23. The van der Waals surface area contributed by atoms with Crippen LogP contribution in [0.4, 0.5) is 0 Å². The highest BCUT2D eigenvalue weighted by molar-refractivity contribution is 5.95. The van der Waals surface area contributed by atoms with E-state index in [1.807, 2.05) is 32.0 Å². The van der Waals surface area contributed by atoms with Crippen LogP contribution in [-0.2, 0) is 7.05 Å². The molecule has 1 amide bonds. The van der Waals surface area contributed by atoms with E-state index in [1.54, 1.807) is 10.9 Å². The zero-order valence-electron chi connectivity index (χ0n) is 13.0. The quantitative estimate of drug-likeness (QED) is 0.843. The molecule has 1 fully saturated rings. The summed E-state index contributed by atoms with van der Waals surface area (Å²) in [7, 11) is 1.84. The molecule has 2 aromatic rings. The van der Waals surface area contributed by atoms with Crippen molar-refractivity contribution in [2.75, 3.05) is 13.1 Å². The van der Waals surface area contributed by atoms with E-state index in [2.05, 4.69) is 21.6 Å². The van der Waals surface area contributed by atoms with E-state index < -0.39 is 0 Å². The molecule has 0 bridgehead atoms. The molecule has 1 saturated heterocycles. The van der Waals surface area contributed by atoms with Crippen molar-refractivity contribution in [1.82, 2.24) is 24.2 Å². The second-order valence-electron chi connectivity index (χ2n) is 5.81. The fraction of sp³-hybridized carbons (Fsp3) is 0.533. The molecule has 0 spiro atoms. The second-order valence-corrected chi connectivity index (χ2v) is 5.81. The number of carbonyl (C=O) groups excluding carboxylic acids is 1. The molecule has 6 nitrogen and oxygen atoms in total. The Morgan fingerprint density at radius 3 is 2.67 bits per heavy atom. The van der Waals surface area contributed by atoms with Crippen LogP contribution in [0.25, 0.3) is 0 Å². The third kappa shape index (κ3) is 2.34. The summed E-state index contributed by atoms with van der Waals surface area (Å²) in [6, 6.07) is 0.327. The molecular formula is C15H21N5O. The Balaban J connectivity index is 1.78. The molecule has 0 radical (unpaired) electrons. The Kier molecular flexibility index (Phi) is 3.31. The van der Waals surface area contributed by atoms with Crippen molar-refractivity contribution in [3.05, 3.63) is 35.2 Å². The highest BCUT2D eigenvalue weighted by atomic mass is 16.2. The van der Waals surface area contributed by atoms with Crippen LogP contribution in [0.3, 0.4) is 0 Å². The van der Waals surface area contributed by atoms with E-state index in [-0.39, 0.29) is 5.91 Å². The van der Waals surface area contributed by atoms with Gasteiger partial charge >= 0.3 is 0 Å². The lowest BCUT2D eigenvalue weighted by Crippen LogP contribution is -2.29. The lowest BCUT2D eigenvalue weighted by Gasteiger charge is -2.18. The number of nitrogens with zero attached hydrogens (tertiary/aromatic N) is 5. The standard InChI is InChI=1S/C15H21N5O/c1-10-7-16-12(3)20(10)13-5-6-19(8-13)15(21)14-9-18(4)17-11(14)2/h7,9,13H,5-6,8H2,1-4H3. The number of hydrogen-bond acceptors (Lipinski definition) is 3. The highest BCUT2D eigenvalue weighted by Crippen LogP contribution is 2.26. The van der Waals surface area contributed by atoms with E-state index in [9.17, 15) is 4.79 Å². The summed E-state index contributed by atoms with van der Waals surface area (Å²) in [5.74, 6) is 1.10. The first-order valence-corrected chi connectivity index (χ1v) is 7.27. The van der Waals surface area contributed by atoms with Gasteiger partial charge in [0.15, 0.2) is 0 Å². The molecule has 112 valence electrons. The number of imidazole rings is 1. The Morgan fingerprint density at radius 1 is 1.33 bits per heavy atom. The molecule has 0 saturated carbocycles. The minimum Gasteiger partial charge on any atom is -0.336 e. The predicted molar refractivity (Wildman–Crippen MR) is 79.2 cm³/mol. The summed E-state index contributed by atoms with van der Waals surface area (Å²) in [6.45, 7) is 7.49. The number of rotatable bonds is 2. The molecule has 21 heavy (non-hydrogen) atoms. The molecule has 1 aliphatic heterocycles. The molecule has 0 aliphatic carbocycles. The molecule has 1 aliphatic rings. The van der Waals surface area contributed by atoms with Crippen molar-refractivity contribution >= 4 is 5.91 Å². The van der Waals surface area contributed by atoms with Gasteiger partial charge in [0.05, 0.1) is 17.3 Å². The van der Waals surface area contributed by atoms with Crippen LogP contribution in [0, 0.1) is 20.8 Å². The van der Waals surface area contributed by atoms with Crippen molar-refractivity contribution in [2.45, 2.75) is 33.2 Å². The van der Waals surface area contributed by atoms with Crippen molar-refractivity contribution in [1.29, 1.82) is 0 Å². The number of hydrogen-bond donors (Lipinski definition) is 0. The molecule has 0 aromatic carbocycles. The molecule has 0 N–H and O–H groups in total. The maximum absolute atomic E-state index is 12.6. The normalized spacial score (nSPS) is 18.5. The summed E-state index contributed by atoms with van der Waals surface area (Å²) in [5.41, 5.74) is 2.66. The summed E-state index contributed by atoms with van der Waals surface area (Å²) in [6.07, 6.45) is 4.67. The van der Waals surface area contributed by atoms with Crippen molar-refractivity contribution in [3.63, 3.8) is 0 Å². The fourth-order valence-corrected chi connectivity index (χ4v) is 3.24. The number of likely N-dealkylation sites (tertiary alicyclic amines) is 1. The van der Waals surface area contributed by atoms with Crippen LogP contribution in [0.15, 0.2) is 12.4 Å². The van der Waals surface area contributed by atoms with Crippen LogP contribution in [-0.4, -0.2) is 43.2 Å². The fourth-order valence-electron chi connectivity index (χ4n) is 3.24. The van der Waals surface area contributed by atoms with Crippen molar-refractivity contribution < 1.29 is 4.79 Å². The first-order chi connectivity index (χ1) is 9.97. The second kappa shape index (κ2) is 5.02. The summed E-state index contributed by atoms with van der Waals surface area (Å²) in [4.78, 5) is 18.9. The van der Waals surface area contributed by atoms with Crippen molar-refractivity contribution in [2.24, 2.45) is 7.05 Å². The van der Waals surface area contributed by atoms with Crippen LogP contribution in [0.2, 0.25) is 0 Å². The molecule has 1 atom stereocenters. The molecular weight excluding hydrogens is 266 g/mol. The minimum atomic E-state index is 0.0820. The van der Waals surface area contributed by atoms with E-state index in [0.29, 0.717) is 11.6 Å². The minimum absolute atomic E-state index is 0.0820. The van der Waals surface area contributed by atoms with E-state index >= 15 is 0 Å². The summed E-state index contributed by atoms with van der Waals surface area (Å²) < 4.78 is 3.93. The molecule has 6 heteroatoms. The van der Waals surface area contributed by atoms with Gasteiger partial charge in [0.1, 0.15) is 5.82 Å². The topological polar surface area (TPSA) is 56.0 Å². The Labute approximate surface area is 124 Å². The lowest BCUT2D eigenvalue weighted by molar-refractivity contribution is 0.0786. The zero-order chi connectivity index (χ0) is 15.1. The maximum Gasteiger partial charge on any atom is 0.257 e. The van der Waals surface area contributed by atoms with Gasteiger partial charge in [-0.1, -0.05) is 0 Å². The molecule has 3 rings (SSSR count). The number of amides is 1. The maximum atomic E-state index is 12.6. The summed E-state index contributed by atoms with van der Waals surface area (Å²) >= 11 is 0.